The van der Waals surface area contributed by atoms with Crippen molar-refractivity contribution < 1.29 is 18.1 Å². The van der Waals surface area contributed by atoms with Crippen LogP contribution in [0.25, 0.3) is 0 Å². The molecule has 0 radical (unpaired) electrons. The van der Waals surface area contributed by atoms with E-state index in [1.807, 2.05) is 4.90 Å². The Kier molecular flexibility index (Phi) is 8.72. The molecule has 1 aliphatic heterocycles. The SMILES string of the molecule is CN=C(NCc1ccccc1[N+](=O)[O-])N1CCN(C(C)C(F)(F)F)CC1.I. The van der Waals surface area contributed by atoms with Crippen LogP contribution in [0.3, 0.4) is 0 Å². The van der Waals surface area contributed by atoms with Gasteiger partial charge in [-0.2, -0.15) is 13.2 Å². The number of hydrogen-bond donors (Lipinski definition) is 1. The van der Waals surface area contributed by atoms with E-state index >= 15 is 0 Å². The molecular formula is C16H23F3IN5O2. The van der Waals surface area contributed by atoms with Gasteiger partial charge in [-0.1, -0.05) is 18.2 Å². The van der Waals surface area contributed by atoms with Crippen molar-refractivity contribution in [3.63, 3.8) is 0 Å². The molecule has 1 aliphatic rings. The summed E-state index contributed by atoms with van der Waals surface area (Å²) >= 11 is 0. The highest BCUT2D eigenvalue weighted by Crippen LogP contribution is 2.25. The van der Waals surface area contributed by atoms with Gasteiger partial charge in [-0.05, 0) is 6.92 Å². The smallest absolute Gasteiger partial charge is 0.352 e. The van der Waals surface area contributed by atoms with Crippen LogP contribution in [-0.2, 0) is 6.54 Å². The highest BCUT2D eigenvalue weighted by Gasteiger charge is 2.41. The van der Waals surface area contributed by atoms with Gasteiger partial charge in [-0.15, -0.1) is 24.0 Å². The Balaban J connectivity index is 0.00000364. The third kappa shape index (κ3) is 6.19. The highest BCUT2D eigenvalue weighted by molar-refractivity contribution is 14.0. The van der Waals surface area contributed by atoms with Gasteiger partial charge in [0.05, 0.1) is 4.92 Å². The quantitative estimate of drug-likeness (QED) is 0.226. The zero-order valence-corrected chi connectivity index (χ0v) is 17.4. The molecule has 0 saturated carbocycles. The van der Waals surface area contributed by atoms with Gasteiger partial charge in [0, 0.05) is 51.4 Å². The number of hydrogen-bond acceptors (Lipinski definition) is 4. The molecular weight excluding hydrogens is 478 g/mol. The van der Waals surface area contributed by atoms with E-state index in [0.717, 1.165) is 6.92 Å². The van der Waals surface area contributed by atoms with Gasteiger partial charge in [-0.3, -0.25) is 20.0 Å². The number of nitro benzene ring substituents is 1. The van der Waals surface area contributed by atoms with Gasteiger partial charge < -0.3 is 10.2 Å². The first-order valence-electron chi connectivity index (χ1n) is 8.22. The van der Waals surface area contributed by atoms with Crippen LogP contribution >= 0.6 is 24.0 Å². The van der Waals surface area contributed by atoms with Crippen molar-refractivity contribution in [1.82, 2.24) is 15.1 Å². The molecule has 0 aliphatic carbocycles. The van der Waals surface area contributed by atoms with Gasteiger partial charge in [0.1, 0.15) is 6.04 Å². The van der Waals surface area contributed by atoms with Crippen LogP contribution in [0.2, 0.25) is 0 Å². The monoisotopic (exact) mass is 501 g/mol. The topological polar surface area (TPSA) is 74.0 Å². The van der Waals surface area contributed by atoms with Crippen molar-refractivity contribution in [2.45, 2.75) is 25.7 Å². The molecule has 0 aromatic heterocycles. The molecule has 1 heterocycles. The third-order valence-corrected chi connectivity index (χ3v) is 4.47. The van der Waals surface area contributed by atoms with Gasteiger partial charge in [0.15, 0.2) is 5.96 Å². The summed E-state index contributed by atoms with van der Waals surface area (Å²) < 4.78 is 38.5. The molecule has 7 nitrogen and oxygen atoms in total. The lowest BCUT2D eigenvalue weighted by Gasteiger charge is -2.39. The van der Waals surface area contributed by atoms with E-state index in [4.69, 9.17) is 0 Å². The van der Waals surface area contributed by atoms with Crippen molar-refractivity contribution in [2.24, 2.45) is 4.99 Å². The molecule has 11 heteroatoms. The van der Waals surface area contributed by atoms with Crippen molar-refractivity contribution in [3.8, 4) is 0 Å². The Morgan fingerprint density at radius 1 is 1.30 bits per heavy atom. The Morgan fingerprint density at radius 2 is 1.89 bits per heavy atom. The Morgan fingerprint density at radius 3 is 2.41 bits per heavy atom. The van der Waals surface area contributed by atoms with E-state index in [0.29, 0.717) is 24.6 Å². The maximum absolute atomic E-state index is 12.8. The Hall–Kier alpha value is -1.63. The zero-order chi connectivity index (χ0) is 19.3. The summed E-state index contributed by atoms with van der Waals surface area (Å²) in [6.07, 6.45) is -4.24. The fraction of sp³-hybridized carbons (Fsp3) is 0.562. The molecule has 1 unspecified atom stereocenters. The average Bonchev–Trinajstić information content (AvgIpc) is 2.61. The number of rotatable bonds is 4. The molecule has 152 valence electrons. The molecule has 1 aromatic rings. The molecule has 2 rings (SSSR count). The summed E-state index contributed by atoms with van der Waals surface area (Å²) in [6.45, 7) is 2.72. The number of aliphatic imine (C=N–C) groups is 1. The van der Waals surface area contributed by atoms with Gasteiger partial charge >= 0.3 is 6.18 Å². The van der Waals surface area contributed by atoms with Crippen LogP contribution in [0.1, 0.15) is 12.5 Å². The van der Waals surface area contributed by atoms with E-state index in [1.54, 1.807) is 25.2 Å². The average molecular weight is 501 g/mol. The molecule has 0 amide bonds. The third-order valence-electron chi connectivity index (χ3n) is 4.47. The number of para-hydroxylation sites is 1. The molecule has 1 fully saturated rings. The summed E-state index contributed by atoms with van der Waals surface area (Å²) in [7, 11) is 1.58. The second kappa shape index (κ2) is 10.1. The number of benzene rings is 1. The second-order valence-corrected chi connectivity index (χ2v) is 6.03. The summed E-state index contributed by atoms with van der Waals surface area (Å²) in [5.74, 6) is 0.516. The fourth-order valence-electron chi connectivity index (χ4n) is 2.87. The molecule has 1 aromatic carbocycles. The molecule has 1 saturated heterocycles. The standard InChI is InChI=1S/C16H22F3N5O2.HI/c1-12(16(17,18)19)22-7-9-23(10-8-22)15(20-2)21-11-13-5-3-4-6-14(13)24(25)26;/h3-6,12H,7-11H2,1-2H3,(H,20,21);1H. The normalized spacial score (nSPS) is 17.2. The van der Waals surface area contributed by atoms with Crippen LogP contribution < -0.4 is 5.32 Å². The summed E-state index contributed by atoms with van der Waals surface area (Å²) in [5, 5.41) is 14.1. The lowest BCUT2D eigenvalue weighted by molar-refractivity contribution is -0.385. The number of alkyl halides is 3. The first-order valence-corrected chi connectivity index (χ1v) is 8.22. The van der Waals surface area contributed by atoms with Crippen LogP contribution in [-0.4, -0.2) is 66.1 Å². The Bertz CT molecular complexity index is 664. The van der Waals surface area contributed by atoms with Crippen LogP contribution in [0.15, 0.2) is 29.3 Å². The maximum atomic E-state index is 12.8. The number of nitro groups is 1. The molecule has 27 heavy (non-hydrogen) atoms. The van der Waals surface area contributed by atoms with Crippen molar-refractivity contribution in [3.05, 3.63) is 39.9 Å². The summed E-state index contributed by atoms with van der Waals surface area (Å²) in [6, 6.07) is 4.91. The largest absolute Gasteiger partial charge is 0.403 e. The number of nitrogens with one attached hydrogen (secondary N) is 1. The number of guanidine groups is 1. The van der Waals surface area contributed by atoms with Crippen LogP contribution in [0.4, 0.5) is 18.9 Å². The maximum Gasteiger partial charge on any atom is 0.403 e. The number of nitrogens with zero attached hydrogens (tertiary/aromatic N) is 4. The Labute approximate surface area is 172 Å². The van der Waals surface area contributed by atoms with E-state index in [1.165, 1.54) is 11.0 Å². The second-order valence-electron chi connectivity index (χ2n) is 6.03. The molecule has 0 bridgehead atoms. The van der Waals surface area contributed by atoms with Crippen molar-refractivity contribution in [1.29, 1.82) is 0 Å². The van der Waals surface area contributed by atoms with Crippen molar-refractivity contribution in [2.75, 3.05) is 33.2 Å². The minimum absolute atomic E-state index is 0. The number of halogens is 4. The van der Waals surface area contributed by atoms with E-state index < -0.39 is 17.1 Å². The summed E-state index contributed by atoms with van der Waals surface area (Å²) in [5.41, 5.74) is 0.530. The predicted molar refractivity (Wildman–Crippen MR) is 107 cm³/mol. The fourth-order valence-corrected chi connectivity index (χ4v) is 2.87. The van der Waals surface area contributed by atoms with Gasteiger partial charge in [-0.25, -0.2) is 0 Å². The van der Waals surface area contributed by atoms with Gasteiger partial charge in [0.2, 0.25) is 0 Å². The molecule has 0 spiro atoms. The van der Waals surface area contributed by atoms with E-state index in [-0.39, 0.29) is 49.3 Å². The summed E-state index contributed by atoms with van der Waals surface area (Å²) in [4.78, 5) is 18.0. The minimum Gasteiger partial charge on any atom is -0.352 e. The molecule has 1 atom stereocenters. The predicted octanol–water partition coefficient (Wildman–Crippen LogP) is 2.86. The van der Waals surface area contributed by atoms with Crippen LogP contribution in [0.5, 0.6) is 0 Å². The van der Waals surface area contributed by atoms with Crippen molar-refractivity contribution >= 4 is 35.6 Å². The highest BCUT2D eigenvalue weighted by atomic mass is 127. The first kappa shape index (κ1) is 23.4. The first-order chi connectivity index (χ1) is 12.2. The van der Waals surface area contributed by atoms with E-state index in [9.17, 15) is 23.3 Å². The zero-order valence-electron chi connectivity index (χ0n) is 15.1. The lowest BCUT2D eigenvalue weighted by Crippen LogP contribution is -2.56. The molecule has 1 N–H and O–H groups in total. The number of piperazine rings is 1. The van der Waals surface area contributed by atoms with Crippen LogP contribution in [0, 0.1) is 10.1 Å². The van der Waals surface area contributed by atoms with E-state index in [2.05, 4.69) is 10.3 Å². The van der Waals surface area contributed by atoms with Gasteiger partial charge in [0.25, 0.3) is 5.69 Å². The minimum atomic E-state index is -4.24. The lowest BCUT2D eigenvalue weighted by atomic mass is 10.2.